The normalized spacial score (nSPS) is 10.3. The van der Waals surface area contributed by atoms with Crippen molar-refractivity contribution in [1.82, 2.24) is 0 Å². The molecule has 2 aromatic rings. The Morgan fingerprint density at radius 2 is 1.90 bits per heavy atom. The Hall–Kier alpha value is -1.32. The molecule has 2 rings (SSSR count). The minimum absolute atomic E-state index is 0.115. The van der Waals surface area contributed by atoms with Crippen molar-refractivity contribution < 1.29 is 4.79 Å². The van der Waals surface area contributed by atoms with Gasteiger partial charge in [0.15, 0.2) is 0 Å². The molecule has 0 fully saturated rings. The number of anilines is 1. The highest BCUT2D eigenvalue weighted by Gasteiger charge is 2.07. The SMILES string of the molecule is Cc1ccc(C(=O)Nc2ccc(CCCl)cc2)cc1Br. The molecule has 20 heavy (non-hydrogen) atoms. The summed E-state index contributed by atoms with van der Waals surface area (Å²) in [5, 5.41) is 2.88. The van der Waals surface area contributed by atoms with Crippen LogP contribution in [0.1, 0.15) is 21.5 Å². The van der Waals surface area contributed by atoms with E-state index in [-0.39, 0.29) is 5.91 Å². The minimum Gasteiger partial charge on any atom is -0.322 e. The average molecular weight is 353 g/mol. The second-order valence-electron chi connectivity index (χ2n) is 4.55. The third-order valence-electron chi connectivity index (χ3n) is 3.03. The number of hydrogen-bond donors (Lipinski definition) is 1. The number of nitrogens with one attached hydrogen (secondary N) is 1. The van der Waals surface area contributed by atoms with E-state index in [1.807, 2.05) is 49.4 Å². The first kappa shape index (κ1) is 15.1. The third kappa shape index (κ3) is 3.84. The summed E-state index contributed by atoms with van der Waals surface area (Å²) >= 11 is 9.13. The number of amides is 1. The van der Waals surface area contributed by atoms with E-state index in [0.717, 1.165) is 27.7 Å². The maximum Gasteiger partial charge on any atom is 0.255 e. The Morgan fingerprint density at radius 1 is 1.20 bits per heavy atom. The van der Waals surface area contributed by atoms with Gasteiger partial charge in [-0.1, -0.05) is 34.1 Å². The van der Waals surface area contributed by atoms with Crippen LogP contribution in [0.25, 0.3) is 0 Å². The van der Waals surface area contributed by atoms with Crippen molar-refractivity contribution in [2.75, 3.05) is 11.2 Å². The molecule has 0 radical (unpaired) electrons. The van der Waals surface area contributed by atoms with Gasteiger partial charge in [0.05, 0.1) is 0 Å². The van der Waals surface area contributed by atoms with Crippen LogP contribution in [0.3, 0.4) is 0 Å². The van der Waals surface area contributed by atoms with Crippen molar-refractivity contribution >= 4 is 39.1 Å². The van der Waals surface area contributed by atoms with Crippen molar-refractivity contribution in [3.63, 3.8) is 0 Å². The molecule has 4 heteroatoms. The van der Waals surface area contributed by atoms with Crippen LogP contribution in [0, 0.1) is 6.92 Å². The average Bonchev–Trinajstić information content (AvgIpc) is 2.44. The minimum atomic E-state index is -0.115. The lowest BCUT2D eigenvalue weighted by atomic mass is 10.1. The molecular formula is C16H15BrClNO. The Balaban J connectivity index is 2.08. The van der Waals surface area contributed by atoms with Crippen molar-refractivity contribution in [3.8, 4) is 0 Å². The number of alkyl halides is 1. The smallest absolute Gasteiger partial charge is 0.255 e. The van der Waals surface area contributed by atoms with E-state index in [4.69, 9.17) is 11.6 Å². The summed E-state index contributed by atoms with van der Waals surface area (Å²) in [4.78, 5) is 12.1. The van der Waals surface area contributed by atoms with Gasteiger partial charge in [0.25, 0.3) is 5.91 Å². The van der Waals surface area contributed by atoms with Crippen LogP contribution in [0.2, 0.25) is 0 Å². The number of aryl methyl sites for hydroxylation is 2. The molecule has 104 valence electrons. The summed E-state index contributed by atoms with van der Waals surface area (Å²) in [6.07, 6.45) is 0.834. The Kier molecular flexibility index (Phi) is 5.21. The molecule has 0 spiro atoms. The molecule has 0 bridgehead atoms. The van der Waals surface area contributed by atoms with Gasteiger partial charge in [-0.05, 0) is 48.7 Å². The molecule has 0 atom stereocenters. The van der Waals surface area contributed by atoms with Crippen LogP contribution in [0.15, 0.2) is 46.9 Å². The fourth-order valence-corrected chi connectivity index (χ4v) is 2.40. The van der Waals surface area contributed by atoms with E-state index in [2.05, 4.69) is 21.2 Å². The number of halogens is 2. The summed E-state index contributed by atoms with van der Waals surface area (Å²) in [5.41, 5.74) is 3.68. The summed E-state index contributed by atoms with van der Waals surface area (Å²) in [7, 11) is 0. The fraction of sp³-hybridized carbons (Fsp3) is 0.188. The van der Waals surface area contributed by atoms with E-state index in [1.54, 1.807) is 0 Å². The van der Waals surface area contributed by atoms with Gasteiger partial charge >= 0.3 is 0 Å². The van der Waals surface area contributed by atoms with Gasteiger partial charge in [-0.3, -0.25) is 4.79 Å². The third-order valence-corrected chi connectivity index (χ3v) is 4.07. The van der Waals surface area contributed by atoms with Crippen LogP contribution in [-0.4, -0.2) is 11.8 Å². The van der Waals surface area contributed by atoms with Crippen LogP contribution in [0.4, 0.5) is 5.69 Å². The topological polar surface area (TPSA) is 29.1 Å². The molecule has 0 saturated heterocycles. The van der Waals surface area contributed by atoms with Crippen molar-refractivity contribution in [1.29, 1.82) is 0 Å². The summed E-state index contributed by atoms with van der Waals surface area (Å²) in [6, 6.07) is 13.3. The molecular weight excluding hydrogens is 338 g/mol. The molecule has 0 unspecified atom stereocenters. The van der Waals surface area contributed by atoms with Crippen LogP contribution < -0.4 is 5.32 Å². The Morgan fingerprint density at radius 3 is 2.50 bits per heavy atom. The van der Waals surface area contributed by atoms with Crippen LogP contribution in [0.5, 0.6) is 0 Å². The molecule has 0 saturated carbocycles. The van der Waals surface area contributed by atoms with Gasteiger partial charge in [-0.15, -0.1) is 11.6 Å². The predicted octanol–water partition coefficient (Wildman–Crippen LogP) is 4.79. The largest absolute Gasteiger partial charge is 0.322 e. The van der Waals surface area contributed by atoms with Crippen LogP contribution >= 0.6 is 27.5 Å². The predicted molar refractivity (Wildman–Crippen MR) is 87.7 cm³/mol. The zero-order chi connectivity index (χ0) is 14.5. The molecule has 0 aliphatic heterocycles. The first-order valence-corrected chi connectivity index (χ1v) is 7.65. The second-order valence-corrected chi connectivity index (χ2v) is 5.79. The second kappa shape index (κ2) is 6.91. The van der Waals surface area contributed by atoms with Crippen molar-refractivity contribution in [2.45, 2.75) is 13.3 Å². The summed E-state index contributed by atoms with van der Waals surface area (Å²) in [6.45, 7) is 1.99. The molecule has 0 aromatic heterocycles. The molecule has 0 aliphatic rings. The van der Waals surface area contributed by atoms with Gasteiger partial charge < -0.3 is 5.32 Å². The van der Waals surface area contributed by atoms with Crippen LogP contribution in [-0.2, 0) is 6.42 Å². The van der Waals surface area contributed by atoms with Crippen molar-refractivity contribution in [3.05, 3.63) is 63.6 Å². The molecule has 0 aliphatic carbocycles. The molecule has 1 N–H and O–H groups in total. The summed E-state index contributed by atoms with van der Waals surface area (Å²) in [5.74, 6) is 0.485. The first-order valence-electron chi connectivity index (χ1n) is 6.32. The molecule has 2 aromatic carbocycles. The highest BCUT2D eigenvalue weighted by atomic mass is 79.9. The Bertz CT molecular complexity index is 610. The molecule has 2 nitrogen and oxygen atoms in total. The van der Waals surface area contributed by atoms with Gasteiger partial charge in [0, 0.05) is 21.6 Å². The highest BCUT2D eigenvalue weighted by Crippen LogP contribution is 2.19. The lowest BCUT2D eigenvalue weighted by molar-refractivity contribution is 0.102. The number of benzene rings is 2. The number of rotatable bonds is 4. The number of carbonyl (C=O) groups excluding carboxylic acids is 1. The lowest BCUT2D eigenvalue weighted by Gasteiger charge is -2.07. The van der Waals surface area contributed by atoms with E-state index >= 15 is 0 Å². The molecule has 0 heterocycles. The standard InChI is InChI=1S/C16H15BrClNO/c1-11-2-5-13(10-15(11)17)16(20)19-14-6-3-12(4-7-14)8-9-18/h2-7,10H,8-9H2,1H3,(H,19,20). The van der Waals surface area contributed by atoms with Gasteiger partial charge in [-0.2, -0.15) is 0 Å². The summed E-state index contributed by atoms with van der Waals surface area (Å²) < 4.78 is 0.933. The first-order chi connectivity index (χ1) is 9.60. The van der Waals surface area contributed by atoms with E-state index < -0.39 is 0 Å². The van der Waals surface area contributed by atoms with E-state index in [9.17, 15) is 4.79 Å². The lowest BCUT2D eigenvalue weighted by Crippen LogP contribution is -2.11. The number of carbonyl (C=O) groups is 1. The fourth-order valence-electron chi connectivity index (χ4n) is 1.80. The van der Waals surface area contributed by atoms with Gasteiger partial charge in [0.1, 0.15) is 0 Å². The van der Waals surface area contributed by atoms with E-state index in [1.165, 1.54) is 0 Å². The zero-order valence-electron chi connectivity index (χ0n) is 11.1. The maximum atomic E-state index is 12.1. The zero-order valence-corrected chi connectivity index (χ0v) is 13.5. The monoisotopic (exact) mass is 351 g/mol. The highest BCUT2D eigenvalue weighted by molar-refractivity contribution is 9.10. The van der Waals surface area contributed by atoms with Crippen molar-refractivity contribution in [2.24, 2.45) is 0 Å². The van der Waals surface area contributed by atoms with E-state index in [0.29, 0.717) is 11.4 Å². The quantitative estimate of drug-likeness (QED) is 0.787. The maximum absolute atomic E-state index is 12.1. The Labute approximate surface area is 132 Å². The van der Waals surface area contributed by atoms with Gasteiger partial charge in [-0.25, -0.2) is 0 Å². The van der Waals surface area contributed by atoms with Gasteiger partial charge in [0.2, 0.25) is 0 Å². The molecule has 1 amide bonds. The number of hydrogen-bond acceptors (Lipinski definition) is 1.